The van der Waals surface area contributed by atoms with E-state index in [4.69, 9.17) is 23.2 Å². The third-order valence-corrected chi connectivity index (χ3v) is 7.85. The first-order valence-electron chi connectivity index (χ1n) is 10.1. The number of carbonyl (C=O) groups excluding carboxylic acids is 1. The average Bonchev–Trinajstić information content (AvgIpc) is 3.23. The highest BCUT2D eigenvalue weighted by Gasteiger charge is 2.19. The highest BCUT2D eigenvalue weighted by atomic mass is 35.5. The summed E-state index contributed by atoms with van der Waals surface area (Å²) in [4.78, 5) is 12.4. The second-order valence-electron chi connectivity index (χ2n) is 7.58. The molecule has 0 aromatic heterocycles. The number of carbonyl (C=O) groups is 1. The van der Waals surface area contributed by atoms with Crippen LogP contribution in [0.25, 0.3) is 0 Å². The maximum absolute atomic E-state index is 12.8. The number of hydrogen-bond acceptors (Lipinski definition) is 3. The van der Waals surface area contributed by atoms with Crippen LogP contribution in [0, 0.1) is 0 Å². The van der Waals surface area contributed by atoms with E-state index in [2.05, 4.69) is 16.0 Å². The lowest BCUT2D eigenvalue weighted by atomic mass is 10.1. The predicted octanol–water partition coefficient (Wildman–Crippen LogP) is 4.04. The number of hydrogen-bond donors (Lipinski definition) is 3. The van der Waals surface area contributed by atoms with Crippen LogP contribution >= 0.6 is 23.2 Å². The van der Waals surface area contributed by atoms with E-state index < -0.39 is 15.9 Å². The van der Waals surface area contributed by atoms with E-state index in [1.807, 2.05) is 18.2 Å². The lowest BCUT2D eigenvalue weighted by Crippen LogP contribution is -2.75. The second-order valence-corrected chi connectivity index (χ2v) is 10.4. The molecule has 0 saturated carbocycles. The molecule has 0 fully saturated rings. The Balaban J connectivity index is 1.36. The van der Waals surface area contributed by atoms with E-state index >= 15 is 0 Å². The van der Waals surface area contributed by atoms with E-state index in [0.717, 1.165) is 24.2 Å². The van der Waals surface area contributed by atoms with Crippen molar-refractivity contribution in [1.29, 1.82) is 0 Å². The number of urea groups is 1. The summed E-state index contributed by atoms with van der Waals surface area (Å²) in [6, 6.07) is 16.7. The molecule has 0 spiro atoms. The molecular formula is C23H22Cl2N3O3S+. The Labute approximate surface area is 196 Å². The van der Waals surface area contributed by atoms with Gasteiger partial charge in [-0.1, -0.05) is 47.5 Å². The van der Waals surface area contributed by atoms with Crippen LogP contribution in [0.2, 0.25) is 10.0 Å². The highest BCUT2D eigenvalue weighted by molar-refractivity contribution is 7.90. The Morgan fingerprint density at radius 2 is 1.81 bits per heavy atom. The van der Waals surface area contributed by atoms with Gasteiger partial charge in [0.25, 0.3) is 0 Å². The van der Waals surface area contributed by atoms with E-state index in [1.165, 1.54) is 17.7 Å². The largest absolute Gasteiger partial charge is 0.334 e. The number of benzene rings is 3. The topological polar surface area (TPSA) is 91.9 Å². The van der Waals surface area contributed by atoms with Crippen molar-refractivity contribution in [3.63, 3.8) is 0 Å². The molecule has 1 aliphatic rings. The van der Waals surface area contributed by atoms with Gasteiger partial charge in [0.1, 0.15) is 5.69 Å². The molecule has 6 nitrogen and oxygen atoms in total. The van der Waals surface area contributed by atoms with E-state index in [-0.39, 0.29) is 17.2 Å². The maximum Gasteiger partial charge on any atom is 0.319 e. The van der Waals surface area contributed by atoms with Crippen LogP contribution in [0.5, 0.6) is 0 Å². The zero-order chi connectivity index (χ0) is 22.7. The molecule has 4 N–H and O–H groups in total. The molecule has 3 aromatic carbocycles. The van der Waals surface area contributed by atoms with E-state index in [9.17, 15) is 13.2 Å². The normalized spacial score (nSPS) is 12.9. The Morgan fingerprint density at radius 1 is 1.03 bits per heavy atom. The monoisotopic (exact) mass is 490 g/mol. The molecule has 1 aliphatic heterocycles. The molecule has 0 radical (unpaired) electrons. The molecular weight excluding hydrogens is 469 g/mol. The number of halogens is 2. The van der Waals surface area contributed by atoms with Gasteiger partial charge >= 0.3 is 6.03 Å². The van der Waals surface area contributed by atoms with Gasteiger partial charge in [0, 0.05) is 30.3 Å². The number of sulfone groups is 1. The summed E-state index contributed by atoms with van der Waals surface area (Å²) in [6.45, 7) is 1.20. The fourth-order valence-corrected chi connectivity index (χ4v) is 5.34. The molecule has 2 amide bonds. The van der Waals surface area contributed by atoms with Crippen molar-refractivity contribution in [2.75, 3.05) is 11.9 Å². The molecule has 0 aliphatic carbocycles. The summed E-state index contributed by atoms with van der Waals surface area (Å²) in [6.07, 6.45) is 1.01. The van der Waals surface area contributed by atoms with Crippen LogP contribution in [0.3, 0.4) is 0 Å². The predicted molar refractivity (Wildman–Crippen MR) is 126 cm³/mol. The molecule has 3 aromatic rings. The first kappa shape index (κ1) is 22.6. The fraction of sp³-hybridized carbons (Fsp3) is 0.174. The molecule has 166 valence electrons. The van der Waals surface area contributed by atoms with Gasteiger partial charge in [0.2, 0.25) is 0 Å². The summed E-state index contributed by atoms with van der Waals surface area (Å²) >= 11 is 12.1. The van der Waals surface area contributed by atoms with Crippen LogP contribution in [-0.4, -0.2) is 21.0 Å². The Bertz CT molecular complexity index is 1260. The highest BCUT2D eigenvalue weighted by Crippen LogP contribution is 2.25. The summed E-state index contributed by atoms with van der Waals surface area (Å²) < 4.78 is 25.6. The zero-order valence-corrected chi connectivity index (χ0v) is 19.4. The maximum atomic E-state index is 12.8. The van der Waals surface area contributed by atoms with Crippen molar-refractivity contribution in [2.45, 2.75) is 23.6 Å². The molecule has 0 unspecified atom stereocenters. The summed E-state index contributed by atoms with van der Waals surface area (Å²) in [5, 5.41) is 8.32. The van der Waals surface area contributed by atoms with Gasteiger partial charge in [0.05, 0.1) is 27.2 Å². The number of amides is 2. The Hall–Kier alpha value is -2.58. The van der Waals surface area contributed by atoms with Crippen molar-refractivity contribution in [2.24, 2.45) is 0 Å². The molecule has 0 saturated heterocycles. The summed E-state index contributed by atoms with van der Waals surface area (Å²) in [5.74, 6) is -0.0677. The quantitative estimate of drug-likeness (QED) is 0.455. The van der Waals surface area contributed by atoms with Gasteiger partial charge in [-0.25, -0.2) is 13.2 Å². The number of quaternary nitrogens is 1. The van der Waals surface area contributed by atoms with Gasteiger partial charge in [-0.15, -0.1) is 0 Å². The number of nitrogens with two attached hydrogens (primary N) is 1. The van der Waals surface area contributed by atoms with Gasteiger partial charge in [0.15, 0.2) is 9.84 Å². The molecule has 9 heteroatoms. The number of nitrogens with one attached hydrogen (secondary N) is 2. The Morgan fingerprint density at radius 3 is 2.59 bits per heavy atom. The third kappa shape index (κ3) is 5.24. The van der Waals surface area contributed by atoms with Gasteiger partial charge in [-0.3, -0.25) is 0 Å². The van der Waals surface area contributed by atoms with Crippen LogP contribution in [0.4, 0.5) is 16.2 Å². The van der Waals surface area contributed by atoms with Gasteiger partial charge in [-0.2, -0.15) is 0 Å². The van der Waals surface area contributed by atoms with E-state index in [1.54, 1.807) is 30.3 Å². The summed E-state index contributed by atoms with van der Waals surface area (Å²) in [5.41, 5.74) is 4.33. The van der Waals surface area contributed by atoms with E-state index in [0.29, 0.717) is 21.3 Å². The third-order valence-electron chi connectivity index (χ3n) is 5.29. The minimum atomic E-state index is -3.50. The zero-order valence-electron chi connectivity index (χ0n) is 17.1. The van der Waals surface area contributed by atoms with Crippen molar-refractivity contribution in [3.05, 3.63) is 87.4 Å². The van der Waals surface area contributed by atoms with Crippen molar-refractivity contribution >= 4 is 50.4 Å². The molecule has 0 atom stereocenters. The van der Waals surface area contributed by atoms with Crippen molar-refractivity contribution in [3.8, 4) is 0 Å². The van der Waals surface area contributed by atoms with Gasteiger partial charge in [-0.05, 0) is 41.5 Å². The smallest absolute Gasteiger partial charge is 0.319 e. The molecule has 1 heterocycles. The van der Waals surface area contributed by atoms with Crippen molar-refractivity contribution in [1.82, 2.24) is 5.32 Å². The minimum Gasteiger partial charge on any atom is -0.334 e. The van der Waals surface area contributed by atoms with Gasteiger partial charge < -0.3 is 16.0 Å². The second kappa shape index (κ2) is 9.50. The fourth-order valence-electron chi connectivity index (χ4n) is 3.62. The number of anilines is 1. The SMILES string of the molecule is O=C(NCc1cccc(Cl)c1Cl)Nc1ccc(S(=O)(=O)Cc2ccc3c(c2)[NH2+]CC3)cc1. The Kier molecular flexibility index (Phi) is 6.71. The summed E-state index contributed by atoms with van der Waals surface area (Å²) in [7, 11) is -3.50. The minimum absolute atomic E-state index is 0.0677. The molecule has 32 heavy (non-hydrogen) atoms. The first-order valence-corrected chi connectivity index (χ1v) is 12.5. The van der Waals surface area contributed by atoms with Crippen LogP contribution in [-0.2, 0) is 28.6 Å². The number of fused-ring (bicyclic) bond motifs is 1. The van der Waals surface area contributed by atoms with Crippen LogP contribution < -0.4 is 16.0 Å². The van der Waals surface area contributed by atoms with Crippen LogP contribution in [0.1, 0.15) is 16.7 Å². The number of rotatable bonds is 6. The lowest BCUT2D eigenvalue weighted by molar-refractivity contribution is -0.561. The molecule has 0 bridgehead atoms. The van der Waals surface area contributed by atoms with Crippen molar-refractivity contribution < 1.29 is 18.5 Å². The first-order chi connectivity index (χ1) is 15.3. The molecule has 4 rings (SSSR count). The average molecular weight is 491 g/mol. The van der Waals surface area contributed by atoms with Crippen LogP contribution in [0.15, 0.2) is 65.6 Å². The standard InChI is InChI=1S/C23H21Cl2N3O3S/c24-20-3-1-2-17(22(20)25)13-27-23(29)28-18-6-8-19(9-7-18)32(30,31)14-15-4-5-16-10-11-26-21(16)12-15/h1-9,12,26H,10-11,13-14H2,(H2,27,28,29)/p+1. The lowest BCUT2D eigenvalue weighted by Gasteiger charge is -2.10.